The van der Waals surface area contributed by atoms with Gasteiger partial charge in [0.25, 0.3) is 0 Å². The first kappa shape index (κ1) is 10.9. The van der Waals surface area contributed by atoms with Crippen molar-refractivity contribution in [3.8, 4) is 0 Å². The SMILES string of the molecule is CCC(C)(C)Nc1ncnc2ccccc12. The fraction of sp³-hybridized carbons (Fsp3) is 0.385. The Hall–Kier alpha value is -1.64. The Labute approximate surface area is 95.9 Å². The molecule has 0 spiro atoms. The Morgan fingerprint density at radius 3 is 2.69 bits per heavy atom. The quantitative estimate of drug-likeness (QED) is 0.854. The zero-order valence-corrected chi connectivity index (χ0v) is 9.99. The van der Waals surface area contributed by atoms with Crippen molar-refractivity contribution >= 4 is 16.7 Å². The van der Waals surface area contributed by atoms with Gasteiger partial charge in [0.1, 0.15) is 12.1 Å². The van der Waals surface area contributed by atoms with Crippen LogP contribution in [-0.4, -0.2) is 15.5 Å². The van der Waals surface area contributed by atoms with E-state index in [0.29, 0.717) is 0 Å². The lowest BCUT2D eigenvalue weighted by atomic mass is 10.0. The molecule has 84 valence electrons. The second-order valence-electron chi connectivity index (χ2n) is 4.60. The molecule has 1 aromatic heterocycles. The lowest BCUT2D eigenvalue weighted by Gasteiger charge is -2.25. The van der Waals surface area contributed by atoms with Gasteiger partial charge >= 0.3 is 0 Å². The highest BCUT2D eigenvalue weighted by molar-refractivity contribution is 5.88. The zero-order chi connectivity index (χ0) is 11.6. The Balaban J connectivity index is 2.45. The smallest absolute Gasteiger partial charge is 0.137 e. The predicted molar refractivity (Wildman–Crippen MR) is 67.5 cm³/mol. The number of aromatic nitrogens is 2. The average Bonchev–Trinajstić information content (AvgIpc) is 2.29. The molecule has 0 fully saturated rings. The minimum atomic E-state index is 0.0527. The third kappa shape index (κ3) is 2.13. The first-order valence-corrected chi connectivity index (χ1v) is 5.60. The van der Waals surface area contributed by atoms with Crippen molar-refractivity contribution in [2.45, 2.75) is 32.7 Å². The molecule has 1 N–H and O–H groups in total. The van der Waals surface area contributed by atoms with Crippen LogP contribution in [0.3, 0.4) is 0 Å². The second-order valence-corrected chi connectivity index (χ2v) is 4.60. The highest BCUT2D eigenvalue weighted by atomic mass is 15.1. The van der Waals surface area contributed by atoms with Gasteiger partial charge in [0.15, 0.2) is 0 Å². The van der Waals surface area contributed by atoms with E-state index in [9.17, 15) is 0 Å². The van der Waals surface area contributed by atoms with E-state index in [2.05, 4.69) is 36.1 Å². The van der Waals surface area contributed by atoms with Gasteiger partial charge in [0.05, 0.1) is 5.52 Å². The number of rotatable bonds is 3. The highest BCUT2D eigenvalue weighted by Gasteiger charge is 2.16. The molecule has 16 heavy (non-hydrogen) atoms. The number of para-hydroxylation sites is 1. The van der Waals surface area contributed by atoms with Crippen LogP contribution in [0.2, 0.25) is 0 Å². The number of nitrogens with one attached hydrogen (secondary N) is 1. The number of hydrogen-bond acceptors (Lipinski definition) is 3. The number of fused-ring (bicyclic) bond motifs is 1. The van der Waals surface area contributed by atoms with Crippen molar-refractivity contribution < 1.29 is 0 Å². The molecule has 3 heteroatoms. The van der Waals surface area contributed by atoms with E-state index in [1.807, 2.05) is 24.3 Å². The third-order valence-corrected chi connectivity index (χ3v) is 2.88. The summed E-state index contributed by atoms with van der Waals surface area (Å²) in [4.78, 5) is 8.56. The Bertz CT molecular complexity index is 486. The van der Waals surface area contributed by atoms with Crippen LogP contribution < -0.4 is 5.32 Å². The Morgan fingerprint density at radius 1 is 1.19 bits per heavy atom. The fourth-order valence-corrected chi connectivity index (χ4v) is 1.51. The van der Waals surface area contributed by atoms with Crippen LogP contribution in [0, 0.1) is 0 Å². The number of nitrogens with zero attached hydrogens (tertiary/aromatic N) is 2. The van der Waals surface area contributed by atoms with E-state index >= 15 is 0 Å². The molecule has 0 aliphatic rings. The molecule has 1 heterocycles. The zero-order valence-electron chi connectivity index (χ0n) is 9.99. The van der Waals surface area contributed by atoms with Crippen molar-refractivity contribution in [1.82, 2.24) is 9.97 Å². The van der Waals surface area contributed by atoms with Crippen molar-refractivity contribution in [1.29, 1.82) is 0 Å². The summed E-state index contributed by atoms with van der Waals surface area (Å²) >= 11 is 0. The maximum Gasteiger partial charge on any atom is 0.137 e. The minimum absolute atomic E-state index is 0.0527. The summed E-state index contributed by atoms with van der Waals surface area (Å²) in [6, 6.07) is 8.05. The van der Waals surface area contributed by atoms with Crippen LogP contribution in [0.5, 0.6) is 0 Å². The van der Waals surface area contributed by atoms with Gasteiger partial charge < -0.3 is 5.32 Å². The van der Waals surface area contributed by atoms with Gasteiger partial charge in [-0.15, -0.1) is 0 Å². The van der Waals surface area contributed by atoms with Gasteiger partial charge in [-0.25, -0.2) is 9.97 Å². The van der Waals surface area contributed by atoms with Crippen LogP contribution in [0.15, 0.2) is 30.6 Å². The molecule has 0 radical (unpaired) electrons. The molecule has 0 bridgehead atoms. The summed E-state index contributed by atoms with van der Waals surface area (Å²) in [5.41, 5.74) is 1.03. The molecule has 1 aromatic carbocycles. The van der Waals surface area contributed by atoms with Crippen molar-refractivity contribution in [2.75, 3.05) is 5.32 Å². The molecule has 0 atom stereocenters. The molecule has 0 saturated carbocycles. The van der Waals surface area contributed by atoms with Crippen molar-refractivity contribution in [3.63, 3.8) is 0 Å². The largest absolute Gasteiger partial charge is 0.365 e. The number of hydrogen-bond donors (Lipinski definition) is 1. The summed E-state index contributed by atoms with van der Waals surface area (Å²) in [7, 11) is 0. The van der Waals surface area contributed by atoms with Crippen molar-refractivity contribution in [3.05, 3.63) is 30.6 Å². The van der Waals surface area contributed by atoms with Crippen LogP contribution in [0.1, 0.15) is 27.2 Å². The predicted octanol–water partition coefficient (Wildman–Crippen LogP) is 3.23. The molecule has 0 unspecified atom stereocenters. The monoisotopic (exact) mass is 215 g/mol. The van der Waals surface area contributed by atoms with Gasteiger partial charge in [-0.3, -0.25) is 0 Å². The van der Waals surface area contributed by atoms with E-state index in [0.717, 1.165) is 23.1 Å². The molecule has 0 aliphatic heterocycles. The molecular formula is C13H17N3. The third-order valence-electron chi connectivity index (χ3n) is 2.88. The van der Waals surface area contributed by atoms with E-state index < -0.39 is 0 Å². The van der Waals surface area contributed by atoms with Gasteiger partial charge in [0, 0.05) is 10.9 Å². The first-order valence-electron chi connectivity index (χ1n) is 5.60. The van der Waals surface area contributed by atoms with Crippen LogP contribution in [0.4, 0.5) is 5.82 Å². The standard InChI is InChI=1S/C13H17N3/c1-4-13(2,3)16-12-10-7-5-6-8-11(10)14-9-15-12/h5-9H,4H2,1-3H3,(H,14,15,16). The summed E-state index contributed by atoms with van der Waals surface area (Å²) in [5.74, 6) is 0.914. The topological polar surface area (TPSA) is 37.8 Å². The molecule has 3 nitrogen and oxygen atoms in total. The van der Waals surface area contributed by atoms with E-state index in [1.54, 1.807) is 6.33 Å². The minimum Gasteiger partial charge on any atom is -0.365 e. The van der Waals surface area contributed by atoms with Gasteiger partial charge in [-0.1, -0.05) is 19.1 Å². The molecule has 0 amide bonds. The Kier molecular flexibility index (Phi) is 2.77. The molecule has 0 saturated heterocycles. The van der Waals surface area contributed by atoms with Gasteiger partial charge in [-0.05, 0) is 32.4 Å². The van der Waals surface area contributed by atoms with Gasteiger partial charge in [0.2, 0.25) is 0 Å². The summed E-state index contributed by atoms with van der Waals surface area (Å²) in [6.07, 6.45) is 2.65. The number of benzene rings is 1. The highest BCUT2D eigenvalue weighted by Crippen LogP contribution is 2.22. The lowest BCUT2D eigenvalue weighted by Crippen LogP contribution is -2.30. The van der Waals surface area contributed by atoms with Gasteiger partial charge in [-0.2, -0.15) is 0 Å². The maximum absolute atomic E-state index is 4.32. The second kappa shape index (κ2) is 4.08. The summed E-state index contributed by atoms with van der Waals surface area (Å²) in [5, 5.41) is 4.54. The first-order chi connectivity index (χ1) is 7.62. The average molecular weight is 215 g/mol. The van der Waals surface area contributed by atoms with Crippen LogP contribution in [-0.2, 0) is 0 Å². The maximum atomic E-state index is 4.32. The van der Waals surface area contributed by atoms with Crippen LogP contribution >= 0.6 is 0 Å². The molecule has 2 rings (SSSR count). The summed E-state index contributed by atoms with van der Waals surface area (Å²) in [6.45, 7) is 6.50. The molecule has 2 aromatic rings. The van der Waals surface area contributed by atoms with Crippen LogP contribution in [0.25, 0.3) is 10.9 Å². The van der Waals surface area contributed by atoms with E-state index in [-0.39, 0.29) is 5.54 Å². The number of anilines is 1. The van der Waals surface area contributed by atoms with E-state index in [1.165, 1.54) is 0 Å². The van der Waals surface area contributed by atoms with E-state index in [4.69, 9.17) is 0 Å². The molecular weight excluding hydrogens is 198 g/mol. The van der Waals surface area contributed by atoms with Crippen molar-refractivity contribution in [2.24, 2.45) is 0 Å². The Morgan fingerprint density at radius 2 is 1.94 bits per heavy atom. The molecule has 0 aliphatic carbocycles. The fourth-order valence-electron chi connectivity index (χ4n) is 1.51. The summed E-state index contributed by atoms with van der Waals surface area (Å²) < 4.78 is 0. The normalized spacial score (nSPS) is 11.7. The lowest BCUT2D eigenvalue weighted by molar-refractivity contribution is 0.545.